The highest BCUT2D eigenvalue weighted by molar-refractivity contribution is 6.39. The van der Waals surface area contributed by atoms with Crippen molar-refractivity contribution in [2.24, 2.45) is 0 Å². The second-order valence-electron chi connectivity index (χ2n) is 5.15. The molecule has 0 bridgehead atoms. The molecule has 0 aromatic heterocycles. The molecule has 2 aromatic carbocycles. The second kappa shape index (κ2) is 5.55. The summed E-state index contributed by atoms with van der Waals surface area (Å²) >= 11 is 12.5. The van der Waals surface area contributed by atoms with Crippen molar-refractivity contribution in [2.45, 2.75) is 25.3 Å². The van der Waals surface area contributed by atoms with E-state index in [9.17, 15) is 0 Å². The SMILES string of the molecule is Nc1cc(Cl)c(NC2CCCc3ccccc32)c(Cl)c1. The van der Waals surface area contributed by atoms with Crippen LogP contribution in [0.2, 0.25) is 10.0 Å². The molecular formula is C16H16Cl2N2. The van der Waals surface area contributed by atoms with E-state index in [-0.39, 0.29) is 6.04 Å². The third-order valence-electron chi connectivity index (χ3n) is 3.75. The predicted molar refractivity (Wildman–Crippen MR) is 86.6 cm³/mol. The van der Waals surface area contributed by atoms with Crippen LogP contribution in [0.5, 0.6) is 0 Å². The lowest BCUT2D eigenvalue weighted by molar-refractivity contribution is 0.600. The Morgan fingerprint density at radius 3 is 2.55 bits per heavy atom. The Balaban J connectivity index is 1.94. The summed E-state index contributed by atoms with van der Waals surface area (Å²) in [6, 6.07) is 12.2. The lowest BCUT2D eigenvalue weighted by Crippen LogP contribution is -2.17. The Morgan fingerprint density at radius 1 is 1.10 bits per heavy atom. The molecule has 104 valence electrons. The number of nitrogen functional groups attached to an aromatic ring is 1. The molecule has 20 heavy (non-hydrogen) atoms. The average molecular weight is 307 g/mol. The molecule has 3 N–H and O–H groups in total. The molecule has 0 fully saturated rings. The van der Waals surface area contributed by atoms with E-state index in [0.717, 1.165) is 18.5 Å². The van der Waals surface area contributed by atoms with Gasteiger partial charge in [0.1, 0.15) is 0 Å². The van der Waals surface area contributed by atoms with Gasteiger partial charge < -0.3 is 11.1 Å². The summed E-state index contributed by atoms with van der Waals surface area (Å²) in [5, 5.41) is 4.62. The van der Waals surface area contributed by atoms with Gasteiger partial charge in [-0.1, -0.05) is 47.5 Å². The smallest absolute Gasteiger partial charge is 0.0725 e. The van der Waals surface area contributed by atoms with Crippen LogP contribution in [0.25, 0.3) is 0 Å². The second-order valence-corrected chi connectivity index (χ2v) is 5.96. The Morgan fingerprint density at radius 2 is 1.80 bits per heavy atom. The van der Waals surface area contributed by atoms with Crippen molar-refractivity contribution < 1.29 is 0 Å². The number of nitrogens with one attached hydrogen (secondary N) is 1. The van der Waals surface area contributed by atoms with E-state index in [1.165, 1.54) is 17.5 Å². The monoisotopic (exact) mass is 306 g/mol. The largest absolute Gasteiger partial charge is 0.399 e. The fourth-order valence-corrected chi connectivity index (χ4v) is 3.42. The number of aryl methyl sites for hydroxylation is 1. The number of fused-ring (bicyclic) bond motifs is 1. The molecule has 2 aromatic rings. The first-order chi connectivity index (χ1) is 9.65. The molecule has 0 aliphatic heterocycles. The third kappa shape index (κ3) is 2.58. The molecule has 1 atom stereocenters. The number of nitrogens with two attached hydrogens (primary N) is 1. The summed E-state index contributed by atoms with van der Waals surface area (Å²) in [7, 11) is 0. The van der Waals surface area contributed by atoms with Crippen LogP contribution < -0.4 is 11.1 Å². The maximum absolute atomic E-state index is 6.25. The highest BCUT2D eigenvalue weighted by Crippen LogP contribution is 2.38. The number of anilines is 2. The van der Waals surface area contributed by atoms with Gasteiger partial charge in [0.05, 0.1) is 21.8 Å². The van der Waals surface area contributed by atoms with E-state index >= 15 is 0 Å². The Kier molecular flexibility index (Phi) is 3.77. The Hall–Kier alpha value is -1.38. The molecule has 3 rings (SSSR count). The van der Waals surface area contributed by atoms with Crippen LogP contribution in [0.15, 0.2) is 36.4 Å². The van der Waals surface area contributed by atoms with Gasteiger partial charge in [-0.05, 0) is 42.5 Å². The van der Waals surface area contributed by atoms with Crippen LogP contribution in [0.4, 0.5) is 11.4 Å². The predicted octanol–water partition coefficient (Wildman–Crippen LogP) is 5.07. The molecule has 1 aliphatic rings. The average Bonchev–Trinajstić information content (AvgIpc) is 2.43. The number of benzene rings is 2. The van der Waals surface area contributed by atoms with Gasteiger partial charge in [0.15, 0.2) is 0 Å². The van der Waals surface area contributed by atoms with Crippen molar-refractivity contribution in [3.8, 4) is 0 Å². The molecule has 2 nitrogen and oxygen atoms in total. The highest BCUT2D eigenvalue weighted by atomic mass is 35.5. The lowest BCUT2D eigenvalue weighted by Gasteiger charge is -2.28. The molecule has 1 unspecified atom stereocenters. The standard InChI is InChI=1S/C16H16Cl2N2/c17-13-8-11(19)9-14(18)16(13)20-15-7-3-5-10-4-1-2-6-12(10)15/h1-2,4,6,8-9,15,20H,3,5,7,19H2. The normalized spacial score (nSPS) is 17.6. The first-order valence-corrected chi connectivity index (χ1v) is 7.49. The van der Waals surface area contributed by atoms with Gasteiger partial charge in [0, 0.05) is 5.69 Å². The molecule has 0 radical (unpaired) electrons. The van der Waals surface area contributed by atoms with Crippen LogP contribution in [-0.4, -0.2) is 0 Å². The zero-order chi connectivity index (χ0) is 14.1. The van der Waals surface area contributed by atoms with E-state index in [1.54, 1.807) is 12.1 Å². The highest BCUT2D eigenvalue weighted by Gasteiger charge is 2.21. The number of halogens is 2. The van der Waals surface area contributed by atoms with Gasteiger partial charge in [0.25, 0.3) is 0 Å². The van der Waals surface area contributed by atoms with Gasteiger partial charge in [-0.25, -0.2) is 0 Å². The summed E-state index contributed by atoms with van der Waals surface area (Å²) < 4.78 is 0. The van der Waals surface area contributed by atoms with E-state index in [1.807, 2.05) is 0 Å². The summed E-state index contributed by atoms with van der Waals surface area (Å²) in [5.74, 6) is 0. The van der Waals surface area contributed by atoms with E-state index in [4.69, 9.17) is 28.9 Å². The summed E-state index contributed by atoms with van der Waals surface area (Å²) in [5.41, 5.74) is 9.83. The van der Waals surface area contributed by atoms with E-state index in [0.29, 0.717) is 15.7 Å². The number of rotatable bonds is 2. The quantitative estimate of drug-likeness (QED) is 0.761. The van der Waals surface area contributed by atoms with Gasteiger partial charge in [-0.15, -0.1) is 0 Å². The van der Waals surface area contributed by atoms with Crippen LogP contribution >= 0.6 is 23.2 Å². The summed E-state index contributed by atoms with van der Waals surface area (Å²) in [6.07, 6.45) is 3.38. The third-order valence-corrected chi connectivity index (χ3v) is 4.35. The number of hydrogen-bond acceptors (Lipinski definition) is 2. The number of hydrogen-bond donors (Lipinski definition) is 2. The van der Waals surface area contributed by atoms with Crippen molar-refractivity contribution in [1.82, 2.24) is 0 Å². The Bertz CT molecular complexity index is 617. The van der Waals surface area contributed by atoms with Gasteiger partial charge in [-0.2, -0.15) is 0 Å². The zero-order valence-electron chi connectivity index (χ0n) is 11.0. The van der Waals surface area contributed by atoms with Crippen molar-refractivity contribution in [3.63, 3.8) is 0 Å². The zero-order valence-corrected chi connectivity index (χ0v) is 12.5. The molecule has 4 heteroatoms. The van der Waals surface area contributed by atoms with E-state index < -0.39 is 0 Å². The van der Waals surface area contributed by atoms with Crippen molar-refractivity contribution >= 4 is 34.6 Å². The maximum Gasteiger partial charge on any atom is 0.0725 e. The maximum atomic E-state index is 6.25. The van der Waals surface area contributed by atoms with Crippen LogP contribution in [0.1, 0.15) is 30.0 Å². The fourth-order valence-electron chi connectivity index (χ4n) is 2.81. The van der Waals surface area contributed by atoms with Crippen LogP contribution in [-0.2, 0) is 6.42 Å². The first-order valence-electron chi connectivity index (χ1n) is 6.74. The van der Waals surface area contributed by atoms with Gasteiger partial charge in [0.2, 0.25) is 0 Å². The topological polar surface area (TPSA) is 38.0 Å². The summed E-state index contributed by atoms with van der Waals surface area (Å²) in [6.45, 7) is 0. The van der Waals surface area contributed by atoms with Crippen LogP contribution in [0, 0.1) is 0 Å². The molecule has 0 spiro atoms. The lowest BCUT2D eigenvalue weighted by atomic mass is 9.87. The molecule has 0 saturated carbocycles. The van der Waals surface area contributed by atoms with Gasteiger partial charge in [-0.3, -0.25) is 0 Å². The molecule has 0 amide bonds. The minimum absolute atomic E-state index is 0.249. The van der Waals surface area contributed by atoms with Crippen molar-refractivity contribution in [3.05, 3.63) is 57.6 Å². The summed E-state index contributed by atoms with van der Waals surface area (Å²) in [4.78, 5) is 0. The van der Waals surface area contributed by atoms with Crippen molar-refractivity contribution in [2.75, 3.05) is 11.1 Å². The molecule has 1 aliphatic carbocycles. The first kappa shape index (κ1) is 13.6. The minimum atomic E-state index is 0.249. The Labute approximate surface area is 128 Å². The minimum Gasteiger partial charge on any atom is -0.399 e. The molecule has 0 heterocycles. The van der Waals surface area contributed by atoms with E-state index in [2.05, 4.69) is 29.6 Å². The van der Waals surface area contributed by atoms with Gasteiger partial charge >= 0.3 is 0 Å². The molecule has 0 saturated heterocycles. The fraction of sp³-hybridized carbons (Fsp3) is 0.250. The van der Waals surface area contributed by atoms with Crippen LogP contribution in [0.3, 0.4) is 0 Å². The van der Waals surface area contributed by atoms with Crippen molar-refractivity contribution in [1.29, 1.82) is 0 Å². The molecular weight excluding hydrogens is 291 g/mol.